The second-order valence-corrected chi connectivity index (χ2v) is 2.49. The molecule has 13 heavy (non-hydrogen) atoms. The smallest absolute Gasteiger partial charge is 0.180 e. The van der Waals surface area contributed by atoms with Crippen LogP contribution in [0.4, 0.5) is 0 Å². The maximum atomic E-state index is 9.01. The second kappa shape index (κ2) is 6.64. The van der Waals surface area contributed by atoms with Crippen molar-refractivity contribution in [3.05, 3.63) is 10.4 Å². The number of aliphatic hydroxyl groups is 3. The highest BCUT2D eigenvalue weighted by Gasteiger charge is 2.16. The molecule has 0 saturated heterocycles. The molecule has 76 valence electrons. The number of azide groups is 1. The third kappa shape index (κ3) is 5.40. The molecule has 7 heteroatoms. The Bertz CT molecular complexity index is 181. The molecule has 0 heterocycles. The normalized spacial score (nSPS) is 17.2. The molecule has 0 aliphatic rings. The fourth-order valence-corrected chi connectivity index (χ4v) is 0.582. The lowest BCUT2D eigenvalue weighted by atomic mass is 10.3. The summed E-state index contributed by atoms with van der Waals surface area (Å²) in [6.07, 6.45) is -3.23. The molecule has 0 aliphatic heterocycles. The zero-order chi connectivity index (χ0) is 10.3. The SMILES string of the molecule is C[C@@H](O)C(O)OC(CO)CN=[N+]=[N-]. The van der Waals surface area contributed by atoms with E-state index in [1.54, 1.807) is 0 Å². The molecule has 0 aromatic heterocycles. The van der Waals surface area contributed by atoms with E-state index in [4.69, 9.17) is 25.6 Å². The van der Waals surface area contributed by atoms with Crippen LogP contribution >= 0.6 is 0 Å². The highest BCUT2D eigenvalue weighted by molar-refractivity contribution is 4.62. The van der Waals surface area contributed by atoms with Gasteiger partial charge in [0.25, 0.3) is 0 Å². The first-order chi connectivity index (χ1) is 6.11. The monoisotopic (exact) mass is 191 g/mol. The van der Waals surface area contributed by atoms with E-state index in [9.17, 15) is 0 Å². The minimum atomic E-state index is -1.38. The van der Waals surface area contributed by atoms with Gasteiger partial charge in [-0.1, -0.05) is 5.11 Å². The molecule has 3 N–H and O–H groups in total. The minimum Gasteiger partial charge on any atom is -0.394 e. The summed E-state index contributed by atoms with van der Waals surface area (Å²) in [5, 5.41) is 29.7. The molecular weight excluding hydrogens is 178 g/mol. The van der Waals surface area contributed by atoms with E-state index in [0.717, 1.165) is 0 Å². The fourth-order valence-electron chi connectivity index (χ4n) is 0.582. The molecule has 0 rings (SSSR count). The van der Waals surface area contributed by atoms with E-state index in [-0.39, 0.29) is 13.2 Å². The number of rotatable bonds is 6. The van der Waals surface area contributed by atoms with Crippen molar-refractivity contribution in [1.82, 2.24) is 0 Å². The molecule has 0 radical (unpaired) electrons. The van der Waals surface area contributed by atoms with Gasteiger partial charge in [-0.05, 0) is 12.5 Å². The quantitative estimate of drug-likeness (QED) is 0.224. The number of hydrogen-bond donors (Lipinski definition) is 3. The third-order valence-corrected chi connectivity index (χ3v) is 1.30. The summed E-state index contributed by atoms with van der Waals surface area (Å²) >= 11 is 0. The van der Waals surface area contributed by atoms with Crippen molar-refractivity contribution in [3.8, 4) is 0 Å². The molecule has 0 aliphatic carbocycles. The summed E-state index contributed by atoms with van der Waals surface area (Å²) in [5.74, 6) is 0. The fraction of sp³-hybridized carbons (Fsp3) is 1.00. The summed E-state index contributed by atoms with van der Waals surface area (Å²) in [4.78, 5) is 2.47. The van der Waals surface area contributed by atoms with E-state index in [1.807, 2.05) is 0 Å². The van der Waals surface area contributed by atoms with Gasteiger partial charge in [0, 0.05) is 4.91 Å². The number of ether oxygens (including phenoxy) is 1. The Balaban J connectivity index is 3.89. The lowest BCUT2D eigenvalue weighted by molar-refractivity contribution is -0.187. The van der Waals surface area contributed by atoms with Crippen LogP contribution < -0.4 is 0 Å². The maximum absolute atomic E-state index is 9.01. The van der Waals surface area contributed by atoms with Gasteiger partial charge in [0.15, 0.2) is 6.29 Å². The average molecular weight is 191 g/mol. The Morgan fingerprint density at radius 3 is 2.54 bits per heavy atom. The van der Waals surface area contributed by atoms with Crippen LogP contribution in [0, 0.1) is 0 Å². The topological polar surface area (TPSA) is 119 Å². The molecule has 0 aromatic rings. The van der Waals surface area contributed by atoms with Crippen molar-refractivity contribution < 1.29 is 20.1 Å². The highest BCUT2D eigenvalue weighted by Crippen LogP contribution is 2.01. The van der Waals surface area contributed by atoms with Crippen molar-refractivity contribution in [2.45, 2.75) is 25.4 Å². The Morgan fingerprint density at radius 1 is 1.54 bits per heavy atom. The summed E-state index contributed by atoms with van der Waals surface area (Å²) < 4.78 is 4.75. The first kappa shape index (κ1) is 12.2. The van der Waals surface area contributed by atoms with E-state index in [2.05, 4.69) is 10.0 Å². The van der Waals surface area contributed by atoms with Gasteiger partial charge < -0.3 is 20.1 Å². The van der Waals surface area contributed by atoms with Crippen LogP contribution in [0.3, 0.4) is 0 Å². The van der Waals surface area contributed by atoms with Gasteiger partial charge in [0.1, 0.15) is 6.10 Å². The third-order valence-electron chi connectivity index (χ3n) is 1.30. The molecular formula is C6H13N3O4. The number of aliphatic hydroxyl groups excluding tert-OH is 3. The summed E-state index contributed by atoms with van der Waals surface area (Å²) in [7, 11) is 0. The molecule has 3 atom stereocenters. The van der Waals surface area contributed by atoms with Crippen molar-refractivity contribution in [2.75, 3.05) is 13.2 Å². The summed E-state index contributed by atoms with van der Waals surface area (Å²) in [6.45, 7) is 0.867. The predicted molar refractivity (Wildman–Crippen MR) is 43.7 cm³/mol. The predicted octanol–water partition coefficient (Wildman–Crippen LogP) is -0.627. The van der Waals surface area contributed by atoms with Gasteiger partial charge in [0.2, 0.25) is 0 Å². The molecule has 0 amide bonds. The lowest BCUT2D eigenvalue weighted by Gasteiger charge is -2.19. The van der Waals surface area contributed by atoms with Gasteiger partial charge in [-0.25, -0.2) is 0 Å². The maximum Gasteiger partial charge on any atom is 0.180 e. The van der Waals surface area contributed by atoms with Crippen LogP contribution in [0.1, 0.15) is 6.92 Å². The zero-order valence-electron chi connectivity index (χ0n) is 7.24. The number of hydrogen-bond acceptors (Lipinski definition) is 5. The van der Waals surface area contributed by atoms with Gasteiger partial charge in [-0.15, -0.1) is 0 Å². The van der Waals surface area contributed by atoms with E-state index >= 15 is 0 Å². The average Bonchev–Trinajstić information content (AvgIpc) is 2.11. The van der Waals surface area contributed by atoms with Gasteiger partial charge in [0.05, 0.1) is 19.3 Å². The second-order valence-electron chi connectivity index (χ2n) is 2.49. The molecule has 0 saturated carbocycles. The van der Waals surface area contributed by atoms with E-state index in [1.165, 1.54) is 6.92 Å². The molecule has 0 spiro atoms. The van der Waals surface area contributed by atoms with Gasteiger partial charge in [-0.3, -0.25) is 0 Å². The number of nitrogens with zero attached hydrogens (tertiary/aromatic N) is 3. The van der Waals surface area contributed by atoms with Crippen molar-refractivity contribution >= 4 is 0 Å². The van der Waals surface area contributed by atoms with Crippen LogP contribution in [0.25, 0.3) is 10.4 Å². The van der Waals surface area contributed by atoms with Gasteiger partial charge >= 0.3 is 0 Å². The van der Waals surface area contributed by atoms with Crippen LogP contribution in [0.2, 0.25) is 0 Å². The van der Waals surface area contributed by atoms with Crippen molar-refractivity contribution in [1.29, 1.82) is 0 Å². The van der Waals surface area contributed by atoms with E-state index < -0.39 is 18.5 Å². The largest absolute Gasteiger partial charge is 0.394 e. The molecule has 0 aromatic carbocycles. The van der Waals surface area contributed by atoms with E-state index in [0.29, 0.717) is 0 Å². The Morgan fingerprint density at radius 2 is 2.15 bits per heavy atom. The van der Waals surface area contributed by atoms with Crippen molar-refractivity contribution in [3.63, 3.8) is 0 Å². The Kier molecular flexibility index (Phi) is 6.21. The van der Waals surface area contributed by atoms with Crippen LogP contribution in [-0.2, 0) is 4.74 Å². The summed E-state index contributed by atoms with van der Waals surface area (Å²) in [6, 6.07) is 0. The van der Waals surface area contributed by atoms with Gasteiger partial charge in [-0.2, -0.15) is 0 Å². The van der Waals surface area contributed by atoms with Crippen LogP contribution in [0.5, 0.6) is 0 Å². The Labute approximate surface area is 75.2 Å². The minimum absolute atomic E-state index is 0.0865. The standard InChI is InChI=1S/C6H13N3O4/c1-4(11)6(12)13-5(3-10)2-8-9-7/h4-6,10-12H,2-3H2,1H3/t4-,5?,6?/m1/s1. The first-order valence-corrected chi connectivity index (χ1v) is 3.75. The van der Waals surface area contributed by atoms with Crippen molar-refractivity contribution in [2.24, 2.45) is 5.11 Å². The van der Waals surface area contributed by atoms with Crippen LogP contribution in [0.15, 0.2) is 5.11 Å². The molecule has 7 nitrogen and oxygen atoms in total. The summed E-state index contributed by atoms with van der Waals surface area (Å²) in [5.41, 5.74) is 7.96. The van der Waals surface area contributed by atoms with Crippen LogP contribution in [-0.4, -0.2) is 47.0 Å². The zero-order valence-corrected chi connectivity index (χ0v) is 7.24. The molecule has 0 fully saturated rings. The highest BCUT2D eigenvalue weighted by atomic mass is 16.6. The first-order valence-electron chi connectivity index (χ1n) is 3.75. The molecule has 2 unspecified atom stereocenters. The lowest BCUT2D eigenvalue weighted by Crippen LogP contribution is -2.33. The Hall–Kier alpha value is -0.850. The molecule has 0 bridgehead atoms.